The molecule has 0 aliphatic carbocycles. The molecule has 6 nitrogen and oxygen atoms in total. The summed E-state index contributed by atoms with van der Waals surface area (Å²) in [6, 6.07) is 10.4. The molecule has 2 N–H and O–H groups in total. The molecule has 0 aliphatic rings. The molecule has 0 aliphatic heterocycles. The molecule has 0 fully saturated rings. The van der Waals surface area contributed by atoms with Crippen LogP contribution in [-0.2, 0) is 6.54 Å². The molecule has 3 aromatic rings. The van der Waals surface area contributed by atoms with E-state index in [0.29, 0.717) is 0 Å². The van der Waals surface area contributed by atoms with E-state index in [0.717, 1.165) is 10.8 Å². The number of nitrogens with one attached hydrogen (secondary N) is 2. The highest BCUT2D eigenvalue weighted by molar-refractivity contribution is 6.44. The lowest BCUT2D eigenvalue weighted by atomic mass is 10.2. The Hall–Kier alpha value is -2.90. The first-order chi connectivity index (χ1) is 12.9. The number of rotatable bonds is 4. The Labute approximate surface area is 162 Å². The predicted molar refractivity (Wildman–Crippen MR) is 101 cm³/mol. The number of H-pyrrole nitrogens is 1. The summed E-state index contributed by atoms with van der Waals surface area (Å²) in [6.07, 6.45) is 0.996. The smallest absolute Gasteiger partial charge is 0.320 e. The normalized spacial score (nSPS) is 10.6. The van der Waals surface area contributed by atoms with Crippen molar-refractivity contribution in [3.05, 3.63) is 96.5 Å². The van der Waals surface area contributed by atoms with E-state index in [9.17, 15) is 18.8 Å². The van der Waals surface area contributed by atoms with Crippen LogP contribution >= 0.6 is 23.2 Å². The third kappa shape index (κ3) is 3.94. The number of amides is 1. The minimum atomic E-state index is -0.863. The van der Waals surface area contributed by atoms with Crippen LogP contribution in [0.15, 0.2) is 58.3 Å². The zero-order chi connectivity index (χ0) is 19.6. The number of aromatic amines is 1. The molecule has 0 saturated heterocycles. The van der Waals surface area contributed by atoms with Crippen molar-refractivity contribution in [2.75, 3.05) is 5.32 Å². The second-order valence-electron chi connectivity index (χ2n) is 5.55. The number of aromatic nitrogens is 2. The first-order valence-corrected chi connectivity index (χ1v) is 8.45. The lowest BCUT2D eigenvalue weighted by molar-refractivity contribution is 0.102. The summed E-state index contributed by atoms with van der Waals surface area (Å²) in [5.74, 6) is -1.35. The summed E-state index contributed by atoms with van der Waals surface area (Å²) in [4.78, 5) is 39.4. The number of nitrogens with zero attached hydrogens (tertiary/aromatic N) is 1. The molecule has 0 saturated carbocycles. The second-order valence-corrected chi connectivity index (χ2v) is 6.33. The highest BCUT2D eigenvalue weighted by atomic mass is 35.5. The van der Waals surface area contributed by atoms with E-state index in [1.807, 2.05) is 0 Å². The van der Waals surface area contributed by atoms with E-state index in [-0.39, 0.29) is 33.4 Å². The van der Waals surface area contributed by atoms with Gasteiger partial charge in [-0.2, -0.15) is 0 Å². The second kappa shape index (κ2) is 7.77. The average Bonchev–Trinajstić information content (AvgIpc) is 2.64. The van der Waals surface area contributed by atoms with Gasteiger partial charge in [0.2, 0.25) is 0 Å². The Bertz CT molecular complexity index is 1140. The summed E-state index contributed by atoms with van der Waals surface area (Å²) >= 11 is 11.9. The van der Waals surface area contributed by atoms with Gasteiger partial charge in [0, 0.05) is 11.8 Å². The molecule has 0 spiro atoms. The molecule has 2 aromatic carbocycles. The highest BCUT2D eigenvalue weighted by Gasteiger charge is 2.17. The lowest BCUT2D eigenvalue weighted by Gasteiger charge is -2.10. The van der Waals surface area contributed by atoms with Gasteiger partial charge in [0.15, 0.2) is 0 Å². The van der Waals surface area contributed by atoms with Crippen molar-refractivity contribution in [2.45, 2.75) is 6.54 Å². The fourth-order valence-electron chi connectivity index (χ4n) is 2.40. The van der Waals surface area contributed by atoms with Gasteiger partial charge in [-0.3, -0.25) is 14.2 Å². The predicted octanol–water partition coefficient (Wildman–Crippen LogP) is 3.28. The molecule has 9 heteroatoms. The van der Waals surface area contributed by atoms with Crippen LogP contribution in [-0.4, -0.2) is 15.5 Å². The molecule has 1 heterocycles. The van der Waals surface area contributed by atoms with Crippen molar-refractivity contribution in [3.63, 3.8) is 0 Å². The van der Waals surface area contributed by atoms with Gasteiger partial charge in [-0.1, -0.05) is 47.5 Å². The highest BCUT2D eigenvalue weighted by Crippen LogP contribution is 2.29. The Balaban J connectivity index is 1.96. The maximum atomic E-state index is 13.8. The van der Waals surface area contributed by atoms with Gasteiger partial charge in [0.1, 0.15) is 11.4 Å². The van der Waals surface area contributed by atoms with E-state index in [4.69, 9.17) is 23.2 Å². The van der Waals surface area contributed by atoms with Crippen LogP contribution in [0, 0.1) is 5.82 Å². The van der Waals surface area contributed by atoms with Gasteiger partial charge in [-0.25, -0.2) is 9.18 Å². The van der Waals surface area contributed by atoms with Gasteiger partial charge in [0.05, 0.1) is 22.3 Å². The summed E-state index contributed by atoms with van der Waals surface area (Å²) in [6.45, 7) is -0.320. The van der Waals surface area contributed by atoms with E-state index < -0.39 is 23.0 Å². The summed E-state index contributed by atoms with van der Waals surface area (Å²) in [5.41, 5.74) is -1.61. The van der Waals surface area contributed by atoms with Crippen molar-refractivity contribution in [3.8, 4) is 0 Å². The number of benzene rings is 2. The van der Waals surface area contributed by atoms with Crippen molar-refractivity contribution >= 4 is 34.8 Å². The number of halogens is 3. The van der Waals surface area contributed by atoms with Crippen molar-refractivity contribution in [1.82, 2.24) is 9.55 Å². The Morgan fingerprint density at radius 2 is 1.85 bits per heavy atom. The van der Waals surface area contributed by atoms with Crippen LogP contribution in [0.25, 0.3) is 0 Å². The topological polar surface area (TPSA) is 84.0 Å². The molecule has 0 bridgehead atoms. The zero-order valence-electron chi connectivity index (χ0n) is 13.6. The van der Waals surface area contributed by atoms with Gasteiger partial charge in [0.25, 0.3) is 11.5 Å². The summed E-state index contributed by atoms with van der Waals surface area (Å²) in [7, 11) is 0. The van der Waals surface area contributed by atoms with Crippen molar-refractivity contribution < 1.29 is 9.18 Å². The SMILES string of the molecule is O=C(Nc1cccc(Cl)c1Cl)c1c[nH]c(=O)n(Cc2ccccc2F)c1=O. The fraction of sp³-hybridized carbons (Fsp3) is 0.0556. The first-order valence-electron chi connectivity index (χ1n) is 7.70. The van der Waals surface area contributed by atoms with E-state index in [2.05, 4.69) is 10.3 Å². The van der Waals surface area contributed by atoms with Crippen LogP contribution in [0.1, 0.15) is 15.9 Å². The minimum absolute atomic E-state index is 0.114. The third-order valence-corrected chi connectivity index (χ3v) is 4.61. The van der Waals surface area contributed by atoms with Gasteiger partial charge in [-0.15, -0.1) is 0 Å². The molecular weight excluding hydrogens is 396 g/mol. The van der Waals surface area contributed by atoms with E-state index in [1.165, 1.54) is 24.3 Å². The molecule has 0 atom stereocenters. The number of hydrogen-bond donors (Lipinski definition) is 2. The molecule has 1 aromatic heterocycles. The molecule has 1 amide bonds. The van der Waals surface area contributed by atoms with Crippen molar-refractivity contribution in [1.29, 1.82) is 0 Å². The minimum Gasteiger partial charge on any atom is -0.320 e. The quantitative estimate of drug-likeness (QED) is 0.695. The van der Waals surface area contributed by atoms with Gasteiger partial charge < -0.3 is 10.3 Å². The molecule has 27 heavy (non-hydrogen) atoms. The number of carbonyl (C=O) groups is 1. The van der Waals surface area contributed by atoms with E-state index >= 15 is 0 Å². The third-order valence-electron chi connectivity index (χ3n) is 3.79. The van der Waals surface area contributed by atoms with E-state index in [1.54, 1.807) is 18.2 Å². The summed E-state index contributed by atoms with van der Waals surface area (Å²) in [5, 5.41) is 2.81. The number of anilines is 1. The number of carbonyl (C=O) groups excluding carboxylic acids is 1. The molecule has 138 valence electrons. The summed E-state index contributed by atoms with van der Waals surface area (Å²) < 4.78 is 14.6. The standard InChI is InChI=1S/C18H12Cl2FN3O3/c19-12-5-3-7-14(15(12)20)23-16(25)11-8-22-18(27)24(17(11)26)9-10-4-1-2-6-13(10)21/h1-8H,9H2,(H,22,27)(H,23,25). The van der Waals surface area contributed by atoms with Crippen LogP contribution < -0.4 is 16.6 Å². The Morgan fingerprint density at radius 3 is 2.59 bits per heavy atom. The lowest BCUT2D eigenvalue weighted by Crippen LogP contribution is -2.39. The zero-order valence-corrected chi connectivity index (χ0v) is 15.1. The monoisotopic (exact) mass is 407 g/mol. The first kappa shape index (κ1) is 18.9. The van der Waals surface area contributed by atoms with Crippen LogP contribution in [0.4, 0.5) is 10.1 Å². The van der Waals surface area contributed by atoms with Crippen molar-refractivity contribution in [2.24, 2.45) is 0 Å². The van der Waals surface area contributed by atoms with Crippen LogP contribution in [0.2, 0.25) is 10.0 Å². The molecule has 3 rings (SSSR count). The largest absolute Gasteiger partial charge is 0.328 e. The Kier molecular flexibility index (Phi) is 5.43. The maximum Gasteiger partial charge on any atom is 0.328 e. The molecular formula is C18H12Cl2FN3O3. The van der Waals surface area contributed by atoms with Gasteiger partial charge in [-0.05, 0) is 18.2 Å². The number of hydrogen-bond acceptors (Lipinski definition) is 3. The molecule has 0 radical (unpaired) electrons. The van der Waals surface area contributed by atoms with Gasteiger partial charge >= 0.3 is 5.69 Å². The average molecular weight is 408 g/mol. The maximum absolute atomic E-state index is 13.8. The van der Waals surface area contributed by atoms with Crippen LogP contribution in [0.5, 0.6) is 0 Å². The fourth-order valence-corrected chi connectivity index (χ4v) is 2.75. The van der Waals surface area contributed by atoms with Crippen LogP contribution in [0.3, 0.4) is 0 Å². The molecule has 0 unspecified atom stereocenters. The Morgan fingerprint density at radius 1 is 1.11 bits per heavy atom.